The van der Waals surface area contributed by atoms with Crippen LogP contribution in [0.4, 0.5) is 0 Å². The van der Waals surface area contributed by atoms with Gasteiger partial charge in [-0.3, -0.25) is 9.78 Å². The summed E-state index contributed by atoms with van der Waals surface area (Å²) in [7, 11) is 0. The van der Waals surface area contributed by atoms with Gasteiger partial charge in [-0.25, -0.2) is 4.98 Å². The lowest BCUT2D eigenvalue weighted by Gasteiger charge is -1.92. The molecule has 2 rings (SSSR count). The maximum atomic E-state index is 10.6. The van der Waals surface area contributed by atoms with Gasteiger partial charge in [-0.2, -0.15) is 0 Å². The fourth-order valence-corrected chi connectivity index (χ4v) is 2.33. The number of carboxylic acids is 1. The van der Waals surface area contributed by atoms with Gasteiger partial charge in [0.05, 0.1) is 12.1 Å². The normalized spacial score (nSPS) is 10.3. The molecule has 0 aliphatic carbocycles. The highest BCUT2D eigenvalue weighted by atomic mass is 35.5. The summed E-state index contributed by atoms with van der Waals surface area (Å²) in [4.78, 5) is 18.7. The molecule has 2 aromatic heterocycles. The Labute approximate surface area is 101 Å². The lowest BCUT2D eigenvalue weighted by Crippen LogP contribution is -2.00. The molecule has 6 heteroatoms. The number of halogens is 1. The molecule has 1 N–H and O–H groups in total. The molecule has 0 bridgehead atoms. The van der Waals surface area contributed by atoms with E-state index in [4.69, 9.17) is 16.7 Å². The summed E-state index contributed by atoms with van der Waals surface area (Å²) in [6, 6.07) is 3.65. The first-order valence-corrected chi connectivity index (χ1v) is 5.63. The second kappa shape index (κ2) is 4.59. The van der Waals surface area contributed by atoms with Crippen molar-refractivity contribution in [1.82, 2.24) is 9.97 Å². The van der Waals surface area contributed by atoms with E-state index in [-0.39, 0.29) is 6.42 Å². The fourth-order valence-electron chi connectivity index (χ4n) is 1.20. The van der Waals surface area contributed by atoms with Crippen LogP contribution in [0.3, 0.4) is 0 Å². The molecular formula is C10H7ClN2O2S. The van der Waals surface area contributed by atoms with E-state index in [1.54, 1.807) is 18.5 Å². The molecule has 0 unspecified atom stereocenters. The number of hydrogen-bond acceptors (Lipinski definition) is 4. The second-order valence-electron chi connectivity index (χ2n) is 3.05. The first-order chi connectivity index (χ1) is 7.66. The van der Waals surface area contributed by atoms with Crippen LogP contribution in [0, 0.1) is 0 Å². The van der Waals surface area contributed by atoms with E-state index in [1.165, 1.54) is 11.3 Å². The van der Waals surface area contributed by atoms with Crippen LogP contribution in [-0.4, -0.2) is 21.0 Å². The number of aromatic nitrogens is 2. The topological polar surface area (TPSA) is 63.1 Å². The number of nitrogens with zero attached hydrogens (tertiary/aromatic N) is 2. The zero-order valence-corrected chi connectivity index (χ0v) is 9.63. The average Bonchev–Trinajstić information content (AvgIpc) is 2.61. The van der Waals surface area contributed by atoms with E-state index in [0.717, 1.165) is 5.56 Å². The Morgan fingerprint density at radius 2 is 2.38 bits per heavy atom. The number of pyridine rings is 1. The smallest absolute Gasteiger partial charge is 0.309 e. The zero-order chi connectivity index (χ0) is 11.5. The van der Waals surface area contributed by atoms with Gasteiger partial charge < -0.3 is 5.11 Å². The molecule has 4 nitrogen and oxygen atoms in total. The van der Waals surface area contributed by atoms with Crippen molar-refractivity contribution < 1.29 is 9.90 Å². The predicted octanol–water partition coefficient (Wildman–Crippen LogP) is 2.49. The lowest BCUT2D eigenvalue weighted by molar-refractivity contribution is -0.136. The first-order valence-electron chi connectivity index (χ1n) is 4.44. The molecule has 2 heterocycles. The number of thiazole rings is 1. The summed E-state index contributed by atoms with van der Waals surface area (Å²) in [5.74, 6) is -0.940. The molecule has 0 amide bonds. The van der Waals surface area contributed by atoms with Crippen molar-refractivity contribution in [3.8, 4) is 10.6 Å². The maximum Gasteiger partial charge on any atom is 0.309 e. The number of rotatable bonds is 3. The van der Waals surface area contributed by atoms with Crippen molar-refractivity contribution in [2.24, 2.45) is 0 Å². The Balaban J connectivity index is 2.34. The van der Waals surface area contributed by atoms with Gasteiger partial charge in [0.1, 0.15) is 9.34 Å². The Kier molecular flexibility index (Phi) is 3.17. The van der Waals surface area contributed by atoms with Crippen LogP contribution in [0.5, 0.6) is 0 Å². The Morgan fingerprint density at radius 3 is 3.00 bits per heavy atom. The molecule has 0 saturated heterocycles. The quantitative estimate of drug-likeness (QED) is 0.914. The Morgan fingerprint density at radius 1 is 1.56 bits per heavy atom. The van der Waals surface area contributed by atoms with Gasteiger partial charge in [-0.1, -0.05) is 11.6 Å². The summed E-state index contributed by atoms with van der Waals surface area (Å²) in [6.07, 6.45) is 3.17. The van der Waals surface area contributed by atoms with E-state index < -0.39 is 5.97 Å². The van der Waals surface area contributed by atoms with Gasteiger partial charge in [-0.15, -0.1) is 11.3 Å². The van der Waals surface area contributed by atoms with Crippen LogP contribution in [-0.2, 0) is 11.2 Å². The van der Waals surface area contributed by atoms with Crippen LogP contribution >= 0.6 is 22.9 Å². The molecule has 16 heavy (non-hydrogen) atoms. The number of hydrogen-bond donors (Lipinski definition) is 1. The highest BCUT2D eigenvalue weighted by Crippen LogP contribution is 2.31. The third kappa shape index (κ3) is 2.37. The molecule has 0 radical (unpaired) electrons. The highest BCUT2D eigenvalue weighted by Gasteiger charge is 2.13. The van der Waals surface area contributed by atoms with Crippen LogP contribution in [0.15, 0.2) is 24.5 Å². The van der Waals surface area contributed by atoms with E-state index >= 15 is 0 Å². The predicted molar refractivity (Wildman–Crippen MR) is 61.7 cm³/mol. The first kappa shape index (κ1) is 11.0. The molecular weight excluding hydrogens is 248 g/mol. The van der Waals surface area contributed by atoms with Crippen molar-refractivity contribution in [3.05, 3.63) is 34.6 Å². The van der Waals surface area contributed by atoms with E-state index in [1.807, 2.05) is 6.07 Å². The fraction of sp³-hybridized carbons (Fsp3) is 0.100. The largest absolute Gasteiger partial charge is 0.481 e. The van der Waals surface area contributed by atoms with Crippen LogP contribution in [0.25, 0.3) is 10.6 Å². The van der Waals surface area contributed by atoms with Gasteiger partial charge in [-0.05, 0) is 12.1 Å². The molecule has 2 aromatic rings. The molecule has 82 valence electrons. The Bertz CT molecular complexity index is 513. The van der Waals surface area contributed by atoms with E-state index in [2.05, 4.69) is 9.97 Å². The third-order valence-corrected chi connectivity index (χ3v) is 3.26. The molecule has 0 aromatic carbocycles. The summed E-state index contributed by atoms with van der Waals surface area (Å²) < 4.78 is 0.418. The average molecular weight is 255 g/mol. The minimum atomic E-state index is -0.940. The monoisotopic (exact) mass is 254 g/mol. The van der Waals surface area contributed by atoms with Gasteiger partial charge >= 0.3 is 5.97 Å². The SMILES string of the molecule is O=C(O)Cc1nc(-c2cccnc2)sc1Cl. The Hall–Kier alpha value is -1.46. The van der Waals surface area contributed by atoms with Crippen LogP contribution in [0.1, 0.15) is 5.69 Å². The van der Waals surface area contributed by atoms with Crippen molar-refractivity contribution in [2.45, 2.75) is 6.42 Å². The van der Waals surface area contributed by atoms with Crippen LogP contribution in [0.2, 0.25) is 4.34 Å². The molecule has 0 fully saturated rings. The molecule has 0 aliphatic rings. The molecule has 0 spiro atoms. The highest BCUT2D eigenvalue weighted by molar-refractivity contribution is 7.19. The van der Waals surface area contributed by atoms with Gasteiger partial charge in [0.2, 0.25) is 0 Å². The zero-order valence-electron chi connectivity index (χ0n) is 8.05. The molecule has 0 atom stereocenters. The van der Waals surface area contributed by atoms with Gasteiger partial charge in [0.25, 0.3) is 0 Å². The van der Waals surface area contributed by atoms with Gasteiger partial charge in [0.15, 0.2) is 0 Å². The van der Waals surface area contributed by atoms with Crippen molar-refractivity contribution in [1.29, 1.82) is 0 Å². The number of carbonyl (C=O) groups is 1. The number of carboxylic acid groups (broad SMARTS) is 1. The number of aliphatic carboxylic acids is 1. The summed E-state index contributed by atoms with van der Waals surface area (Å²) in [6.45, 7) is 0. The molecule has 0 saturated carbocycles. The van der Waals surface area contributed by atoms with Crippen molar-refractivity contribution in [2.75, 3.05) is 0 Å². The lowest BCUT2D eigenvalue weighted by atomic mass is 10.3. The summed E-state index contributed by atoms with van der Waals surface area (Å²) in [5, 5.41) is 9.35. The summed E-state index contributed by atoms with van der Waals surface area (Å²) >= 11 is 7.17. The van der Waals surface area contributed by atoms with E-state index in [0.29, 0.717) is 15.0 Å². The maximum absolute atomic E-state index is 10.6. The van der Waals surface area contributed by atoms with Crippen molar-refractivity contribution in [3.63, 3.8) is 0 Å². The summed E-state index contributed by atoms with van der Waals surface area (Å²) in [5.41, 5.74) is 1.24. The van der Waals surface area contributed by atoms with Gasteiger partial charge in [0, 0.05) is 18.0 Å². The second-order valence-corrected chi connectivity index (χ2v) is 4.65. The van der Waals surface area contributed by atoms with Crippen LogP contribution < -0.4 is 0 Å². The molecule has 0 aliphatic heterocycles. The third-order valence-electron chi connectivity index (χ3n) is 1.88. The minimum absolute atomic E-state index is 0.157. The minimum Gasteiger partial charge on any atom is -0.481 e. The van der Waals surface area contributed by atoms with E-state index in [9.17, 15) is 4.79 Å². The standard InChI is InChI=1S/C10H7ClN2O2S/c11-9-7(4-8(14)15)13-10(16-9)6-2-1-3-12-5-6/h1-3,5H,4H2,(H,14,15). The van der Waals surface area contributed by atoms with Crippen molar-refractivity contribution >= 4 is 28.9 Å².